The highest BCUT2D eigenvalue weighted by Gasteiger charge is 2.46. The van der Waals surface area contributed by atoms with E-state index in [4.69, 9.17) is 17.3 Å². The molecule has 0 saturated carbocycles. The number of carbonyl (C=O) groups excluding carboxylic acids is 2. The van der Waals surface area contributed by atoms with Crippen LogP contribution in [0.5, 0.6) is 0 Å². The molecule has 3 aromatic carbocycles. The van der Waals surface area contributed by atoms with E-state index in [1.807, 2.05) is 41.3 Å². The van der Waals surface area contributed by atoms with Crippen molar-refractivity contribution in [3.63, 3.8) is 0 Å². The molecule has 168 valence electrons. The predicted octanol–water partition coefficient (Wildman–Crippen LogP) is 4.68. The Kier molecular flexibility index (Phi) is 5.69. The molecule has 1 atom stereocenters. The van der Waals surface area contributed by atoms with Crippen LogP contribution in [-0.4, -0.2) is 35.3 Å². The second kappa shape index (κ2) is 8.65. The van der Waals surface area contributed by atoms with Crippen LogP contribution >= 0.6 is 11.6 Å². The number of hydrogen-bond acceptors (Lipinski definition) is 3. The molecule has 1 unspecified atom stereocenters. The molecule has 2 N–H and O–H groups in total. The van der Waals surface area contributed by atoms with Crippen LogP contribution in [0.25, 0.3) is 0 Å². The number of nitrogens with zero attached hydrogens (tertiary/aromatic N) is 2. The molecular weight excluding hydrogens is 434 g/mol. The summed E-state index contributed by atoms with van der Waals surface area (Å²) in [6, 6.07) is 22.8. The number of fused-ring (bicyclic) bond motifs is 1. The van der Waals surface area contributed by atoms with Gasteiger partial charge in [0.1, 0.15) is 0 Å². The maximum atomic E-state index is 13.6. The summed E-state index contributed by atoms with van der Waals surface area (Å²) in [5, 5.41) is 0.613. The maximum Gasteiger partial charge on any atom is 0.258 e. The van der Waals surface area contributed by atoms with Crippen LogP contribution < -0.4 is 10.6 Å². The van der Waals surface area contributed by atoms with Gasteiger partial charge in [-0.3, -0.25) is 14.5 Å². The van der Waals surface area contributed by atoms with E-state index in [0.29, 0.717) is 29.2 Å². The van der Waals surface area contributed by atoms with Gasteiger partial charge in [0.25, 0.3) is 5.91 Å². The van der Waals surface area contributed by atoms with Crippen LogP contribution in [0.3, 0.4) is 0 Å². The number of anilines is 1. The monoisotopic (exact) mass is 459 g/mol. The molecular formula is C27H26ClN3O2. The van der Waals surface area contributed by atoms with E-state index in [0.717, 1.165) is 37.1 Å². The van der Waals surface area contributed by atoms with E-state index in [-0.39, 0.29) is 11.4 Å². The molecule has 3 aromatic rings. The standard InChI is InChI=1S/C27H26ClN3O2/c28-23-11-9-20(10-12-23)26(33)31-18-27(16-22-6-1-2-8-24(22)31)13-4-14-30(27)17-19-5-3-7-21(15-19)25(29)32/h1-3,5-12,15H,4,13-14,16-18H2,(H2,29,32). The van der Waals surface area contributed by atoms with E-state index in [9.17, 15) is 9.59 Å². The number of benzene rings is 3. The van der Waals surface area contributed by atoms with Crippen molar-refractivity contribution in [2.45, 2.75) is 31.3 Å². The van der Waals surface area contributed by atoms with Gasteiger partial charge in [-0.05, 0) is 79.4 Å². The highest BCUT2D eigenvalue weighted by Crippen LogP contribution is 2.42. The third kappa shape index (κ3) is 4.14. The number of nitrogens with two attached hydrogens (primary N) is 1. The summed E-state index contributed by atoms with van der Waals surface area (Å²) in [4.78, 5) is 29.7. The van der Waals surface area contributed by atoms with Gasteiger partial charge in [-0.2, -0.15) is 0 Å². The number of hydrogen-bond donors (Lipinski definition) is 1. The summed E-state index contributed by atoms with van der Waals surface area (Å²) < 4.78 is 0. The fraction of sp³-hybridized carbons (Fsp3) is 0.259. The van der Waals surface area contributed by atoms with Crippen molar-refractivity contribution in [1.82, 2.24) is 4.90 Å². The van der Waals surface area contributed by atoms with Gasteiger partial charge in [0.05, 0.1) is 0 Å². The van der Waals surface area contributed by atoms with Crippen molar-refractivity contribution in [2.24, 2.45) is 5.73 Å². The van der Waals surface area contributed by atoms with E-state index in [2.05, 4.69) is 11.0 Å². The van der Waals surface area contributed by atoms with Crippen molar-refractivity contribution in [3.8, 4) is 0 Å². The van der Waals surface area contributed by atoms with Crippen LogP contribution in [-0.2, 0) is 13.0 Å². The number of para-hydroxylation sites is 1. The first-order valence-corrected chi connectivity index (χ1v) is 11.6. The van der Waals surface area contributed by atoms with Gasteiger partial charge < -0.3 is 10.6 Å². The molecule has 2 aliphatic heterocycles. The lowest BCUT2D eigenvalue weighted by atomic mass is 9.82. The Hall–Kier alpha value is -3.15. The zero-order valence-corrected chi connectivity index (χ0v) is 19.1. The summed E-state index contributed by atoms with van der Waals surface area (Å²) in [5.41, 5.74) is 9.71. The molecule has 2 amide bonds. The summed E-state index contributed by atoms with van der Waals surface area (Å²) in [6.07, 6.45) is 2.98. The molecule has 1 saturated heterocycles. The minimum atomic E-state index is -0.417. The Morgan fingerprint density at radius 2 is 1.76 bits per heavy atom. The zero-order chi connectivity index (χ0) is 23.0. The number of amides is 2. The van der Waals surface area contributed by atoms with E-state index >= 15 is 0 Å². The number of carbonyl (C=O) groups is 2. The first-order chi connectivity index (χ1) is 15.9. The predicted molar refractivity (Wildman–Crippen MR) is 131 cm³/mol. The van der Waals surface area contributed by atoms with Gasteiger partial charge in [0.2, 0.25) is 5.91 Å². The average molecular weight is 460 g/mol. The molecule has 1 spiro atoms. The molecule has 1 fully saturated rings. The summed E-state index contributed by atoms with van der Waals surface area (Å²) in [5.74, 6) is -0.430. The topological polar surface area (TPSA) is 66.6 Å². The van der Waals surface area contributed by atoms with Gasteiger partial charge in [-0.1, -0.05) is 41.9 Å². The molecule has 0 aliphatic carbocycles. The molecule has 33 heavy (non-hydrogen) atoms. The van der Waals surface area contributed by atoms with E-state index in [1.54, 1.807) is 30.3 Å². The summed E-state index contributed by atoms with van der Waals surface area (Å²) >= 11 is 6.05. The third-order valence-corrected chi connectivity index (χ3v) is 7.17. The smallest absolute Gasteiger partial charge is 0.258 e. The quantitative estimate of drug-likeness (QED) is 0.616. The van der Waals surface area contributed by atoms with Gasteiger partial charge in [-0.25, -0.2) is 0 Å². The minimum Gasteiger partial charge on any atom is -0.366 e. The fourth-order valence-corrected chi connectivity index (χ4v) is 5.43. The largest absolute Gasteiger partial charge is 0.366 e. The second-order valence-corrected chi connectivity index (χ2v) is 9.45. The van der Waals surface area contributed by atoms with Crippen molar-refractivity contribution in [1.29, 1.82) is 0 Å². The number of primary amides is 1. The van der Waals surface area contributed by atoms with Gasteiger partial charge in [0, 0.05) is 40.5 Å². The maximum absolute atomic E-state index is 13.6. The van der Waals surface area contributed by atoms with Gasteiger partial charge in [0.15, 0.2) is 0 Å². The average Bonchev–Trinajstić information content (AvgIpc) is 3.19. The molecule has 0 radical (unpaired) electrons. The van der Waals surface area contributed by atoms with Crippen molar-refractivity contribution in [3.05, 3.63) is 100 Å². The Morgan fingerprint density at radius 1 is 0.970 bits per heavy atom. The Morgan fingerprint density at radius 3 is 2.55 bits per heavy atom. The lowest BCUT2D eigenvalue weighted by molar-refractivity contribution is 0.0915. The van der Waals surface area contributed by atoms with Crippen molar-refractivity contribution < 1.29 is 9.59 Å². The normalized spacial score (nSPS) is 20.1. The summed E-state index contributed by atoms with van der Waals surface area (Å²) in [6.45, 7) is 2.29. The number of rotatable bonds is 4. The lowest BCUT2D eigenvalue weighted by Crippen LogP contribution is -2.57. The molecule has 0 aromatic heterocycles. The Balaban J connectivity index is 1.48. The third-order valence-electron chi connectivity index (χ3n) is 6.92. The molecule has 5 nitrogen and oxygen atoms in total. The molecule has 0 bridgehead atoms. The highest BCUT2D eigenvalue weighted by molar-refractivity contribution is 6.30. The van der Waals surface area contributed by atoms with Crippen LogP contribution in [0.15, 0.2) is 72.8 Å². The Labute approximate surface area is 198 Å². The van der Waals surface area contributed by atoms with Gasteiger partial charge >= 0.3 is 0 Å². The van der Waals surface area contributed by atoms with Crippen LogP contribution in [0.2, 0.25) is 5.02 Å². The van der Waals surface area contributed by atoms with Crippen LogP contribution in [0.1, 0.15) is 44.7 Å². The number of halogens is 1. The Bertz CT molecular complexity index is 1210. The molecule has 2 aliphatic rings. The van der Waals surface area contributed by atoms with Crippen LogP contribution in [0, 0.1) is 0 Å². The molecule has 6 heteroatoms. The zero-order valence-electron chi connectivity index (χ0n) is 18.3. The molecule has 5 rings (SSSR count). The molecule has 2 heterocycles. The fourth-order valence-electron chi connectivity index (χ4n) is 5.31. The first kappa shape index (κ1) is 21.7. The summed E-state index contributed by atoms with van der Waals surface area (Å²) in [7, 11) is 0. The van der Waals surface area contributed by atoms with Crippen LogP contribution in [0.4, 0.5) is 5.69 Å². The van der Waals surface area contributed by atoms with Crippen molar-refractivity contribution >= 4 is 29.1 Å². The second-order valence-electron chi connectivity index (χ2n) is 9.02. The van der Waals surface area contributed by atoms with E-state index < -0.39 is 5.91 Å². The minimum absolute atomic E-state index is 0.0132. The van der Waals surface area contributed by atoms with Crippen molar-refractivity contribution in [2.75, 3.05) is 18.0 Å². The van der Waals surface area contributed by atoms with E-state index in [1.165, 1.54) is 5.56 Å². The first-order valence-electron chi connectivity index (χ1n) is 11.2. The SMILES string of the molecule is NC(=O)c1cccc(CN2CCCC23Cc2ccccc2N(C(=O)c2ccc(Cl)cc2)C3)c1. The highest BCUT2D eigenvalue weighted by atomic mass is 35.5. The lowest BCUT2D eigenvalue weighted by Gasteiger charge is -2.46. The number of likely N-dealkylation sites (tertiary alicyclic amines) is 1. The van der Waals surface area contributed by atoms with Gasteiger partial charge in [-0.15, -0.1) is 0 Å².